The summed E-state index contributed by atoms with van der Waals surface area (Å²) in [5.41, 5.74) is 6.96. The van der Waals surface area contributed by atoms with Gasteiger partial charge in [0.1, 0.15) is 18.7 Å². The summed E-state index contributed by atoms with van der Waals surface area (Å²) in [7, 11) is 1.85. The molecular formula is C13H18N4O. The monoisotopic (exact) mass is 246 g/mol. The molecule has 0 aliphatic heterocycles. The maximum absolute atomic E-state index is 5.78. The molecule has 5 heteroatoms. The molecule has 1 aromatic heterocycles. The van der Waals surface area contributed by atoms with Crippen molar-refractivity contribution >= 4 is 0 Å². The fourth-order valence-electron chi connectivity index (χ4n) is 1.73. The van der Waals surface area contributed by atoms with Gasteiger partial charge in [0.05, 0.1) is 0 Å². The second-order valence-corrected chi connectivity index (χ2v) is 4.42. The lowest BCUT2D eigenvalue weighted by molar-refractivity contribution is 0.289. The summed E-state index contributed by atoms with van der Waals surface area (Å²) in [5, 5.41) is 3.99. The van der Waals surface area contributed by atoms with Crippen molar-refractivity contribution in [3.05, 3.63) is 42.0 Å². The molecule has 2 N–H and O–H groups in total. The highest BCUT2D eigenvalue weighted by Gasteiger charge is 2.03. The van der Waals surface area contributed by atoms with Gasteiger partial charge in [0.15, 0.2) is 5.82 Å². The van der Waals surface area contributed by atoms with E-state index in [0.717, 1.165) is 18.0 Å². The molecule has 2 aromatic rings. The van der Waals surface area contributed by atoms with Gasteiger partial charge in [-0.3, -0.25) is 4.68 Å². The number of benzene rings is 1. The third kappa shape index (κ3) is 3.30. The number of aryl methyl sites for hydroxylation is 1. The molecule has 18 heavy (non-hydrogen) atoms. The lowest BCUT2D eigenvalue weighted by atomic mass is 10.1. The Balaban J connectivity index is 1.99. The van der Waals surface area contributed by atoms with E-state index in [1.807, 2.05) is 32.2 Å². The van der Waals surface area contributed by atoms with Crippen molar-refractivity contribution in [3.8, 4) is 5.75 Å². The molecule has 0 saturated heterocycles. The minimum absolute atomic E-state index is 0.152. The van der Waals surface area contributed by atoms with Crippen LogP contribution in [0.5, 0.6) is 5.75 Å². The highest BCUT2D eigenvalue weighted by atomic mass is 16.5. The SMILES string of the molecule is CC(N)Cc1cccc(OCc2ncnn2C)c1. The number of hydrogen-bond donors (Lipinski definition) is 1. The van der Waals surface area contributed by atoms with Crippen LogP contribution < -0.4 is 10.5 Å². The summed E-state index contributed by atoms with van der Waals surface area (Å²) in [6, 6.07) is 8.13. The highest BCUT2D eigenvalue weighted by molar-refractivity contribution is 5.29. The van der Waals surface area contributed by atoms with E-state index in [9.17, 15) is 0 Å². The topological polar surface area (TPSA) is 66.0 Å². The minimum atomic E-state index is 0.152. The van der Waals surface area contributed by atoms with Crippen LogP contribution in [0.25, 0.3) is 0 Å². The molecule has 0 amide bonds. The van der Waals surface area contributed by atoms with Crippen molar-refractivity contribution in [2.24, 2.45) is 12.8 Å². The number of nitrogens with zero attached hydrogens (tertiary/aromatic N) is 3. The van der Waals surface area contributed by atoms with Crippen LogP contribution in [0.3, 0.4) is 0 Å². The zero-order chi connectivity index (χ0) is 13.0. The number of hydrogen-bond acceptors (Lipinski definition) is 4. The van der Waals surface area contributed by atoms with Crippen LogP contribution >= 0.6 is 0 Å². The predicted molar refractivity (Wildman–Crippen MR) is 69.1 cm³/mol. The lowest BCUT2D eigenvalue weighted by Crippen LogP contribution is -2.17. The van der Waals surface area contributed by atoms with Crippen LogP contribution in [0.15, 0.2) is 30.6 Å². The Morgan fingerprint density at radius 2 is 2.28 bits per heavy atom. The first kappa shape index (κ1) is 12.6. The molecule has 5 nitrogen and oxygen atoms in total. The summed E-state index contributed by atoms with van der Waals surface area (Å²) in [5.74, 6) is 1.63. The van der Waals surface area contributed by atoms with E-state index in [2.05, 4.69) is 16.1 Å². The summed E-state index contributed by atoms with van der Waals surface area (Å²) >= 11 is 0. The van der Waals surface area contributed by atoms with Crippen molar-refractivity contribution in [3.63, 3.8) is 0 Å². The van der Waals surface area contributed by atoms with Gasteiger partial charge in [-0.1, -0.05) is 12.1 Å². The molecule has 0 aliphatic rings. The number of ether oxygens (including phenoxy) is 1. The van der Waals surface area contributed by atoms with Crippen LogP contribution in [0.4, 0.5) is 0 Å². The average Bonchev–Trinajstić information content (AvgIpc) is 2.72. The zero-order valence-corrected chi connectivity index (χ0v) is 10.7. The van der Waals surface area contributed by atoms with Crippen molar-refractivity contribution in [2.45, 2.75) is 26.0 Å². The van der Waals surface area contributed by atoms with E-state index in [1.165, 1.54) is 11.9 Å². The maximum atomic E-state index is 5.78. The van der Waals surface area contributed by atoms with E-state index in [4.69, 9.17) is 10.5 Å². The number of nitrogens with two attached hydrogens (primary N) is 1. The van der Waals surface area contributed by atoms with Gasteiger partial charge < -0.3 is 10.5 Å². The maximum Gasteiger partial charge on any atom is 0.164 e. The molecule has 0 spiro atoms. The average molecular weight is 246 g/mol. The van der Waals surface area contributed by atoms with Crippen LogP contribution in [-0.4, -0.2) is 20.8 Å². The van der Waals surface area contributed by atoms with Gasteiger partial charge in [0.2, 0.25) is 0 Å². The zero-order valence-electron chi connectivity index (χ0n) is 10.7. The normalized spacial score (nSPS) is 12.4. The first-order chi connectivity index (χ1) is 8.65. The van der Waals surface area contributed by atoms with Crippen molar-refractivity contribution in [2.75, 3.05) is 0 Å². The van der Waals surface area contributed by atoms with E-state index in [0.29, 0.717) is 6.61 Å². The van der Waals surface area contributed by atoms with Gasteiger partial charge in [0.25, 0.3) is 0 Å². The minimum Gasteiger partial charge on any atom is -0.486 e. The summed E-state index contributed by atoms with van der Waals surface area (Å²) < 4.78 is 7.39. The Kier molecular flexibility index (Phi) is 3.94. The Bertz CT molecular complexity index is 507. The van der Waals surface area contributed by atoms with Gasteiger partial charge in [-0.05, 0) is 31.0 Å². The van der Waals surface area contributed by atoms with Crippen molar-refractivity contribution in [1.82, 2.24) is 14.8 Å². The van der Waals surface area contributed by atoms with E-state index in [1.54, 1.807) is 4.68 Å². The predicted octanol–water partition coefficient (Wildman–Crippen LogP) is 1.28. The van der Waals surface area contributed by atoms with Crippen LogP contribution in [0.2, 0.25) is 0 Å². The smallest absolute Gasteiger partial charge is 0.164 e. The molecule has 0 bridgehead atoms. The van der Waals surface area contributed by atoms with Crippen LogP contribution in [0.1, 0.15) is 18.3 Å². The molecule has 0 aliphatic carbocycles. The number of rotatable bonds is 5. The molecule has 0 radical (unpaired) electrons. The second kappa shape index (κ2) is 5.64. The molecule has 1 atom stereocenters. The standard InChI is InChI=1S/C13H18N4O/c1-10(14)6-11-4-3-5-12(7-11)18-8-13-15-9-16-17(13)2/h3-5,7,9-10H,6,8,14H2,1-2H3. The van der Waals surface area contributed by atoms with Crippen molar-refractivity contribution < 1.29 is 4.74 Å². The van der Waals surface area contributed by atoms with Gasteiger partial charge in [-0.25, -0.2) is 4.98 Å². The van der Waals surface area contributed by atoms with Crippen LogP contribution in [-0.2, 0) is 20.1 Å². The molecule has 1 unspecified atom stereocenters. The van der Waals surface area contributed by atoms with E-state index >= 15 is 0 Å². The van der Waals surface area contributed by atoms with Gasteiger partial charge in [-0.15, -0.1) is 0 Å². The fourth-order valence-corrected chi connectivity index (χ4v) is 1.73. The molecule has 1 heterocycles. The van der Waals surface area contributed by atoms with Gasteiger partial charge in [-0.2, -0.15) is 5.10 Å². The Morgan fingerprint density at radius 3 is 2.94 bits per heavy atom. The number of aromatic nitrogens is 3. The fraction of sp³-hybridized carbons (Fsp3) is 0.385. The van der Waals surface area contributed by atoms with Crippen molar-refractivity contribution in [1.29, 1.82) is 0 Å². The van der Waals surface area contributed by atoms with Gasteiger partial charge in [0, 0.05) is 13.1 Å². The highest BCUT2D eigenvalue weighted by Crippen LogP contribution is 2.15. The van der Waals surface area contributed by atoms with E-state index in [-0.39, 0.29) is 6.04 Å². The second-order valence-electron chi connectivity index (χ2n) is 4.42. The molecule has 2 rings (SSSR count). The van der Waals surface area contributed by atoms with Crippen LogP contribution in [0, 0.1) is 0 Å². The first-order valence-electron chi connectivity index (χ1n) is 5.95. The first-order valence-corrected chi connectivity index (χ1v) is 5.95. The molecule has 1 aromatic carbocycles. The molecule has 0 saturated carbocycles. The summed E-state index contributed by atoms with van der Waals surface area (Å²) in [6.07, 6.45) is 2.37. The quantitative estimate of drug-likeness (QED) is 0.863. The molecular weight excluding hydrogens is 228 g/mol. The largest absolute Gasteiger partial charge is 0.486 e. The molecule has 96 valence electrons. The summed E-state index contributed by atoms with van der Waals surface area (Å²) in [4.78, 5) is 4.11. The Labute approximate surface area is 107 Å². The third-order valence-electron chi connectivity index (χ3n) is 2.63. The molecule has 0 fully saturated rings. The lowest BCUT2D eigenvalue weighted by Gasteiger charge is -2.09. The Hall–Kier alpha value is -1.88. The summed E-state index contributed by atoms with van der Waals surface area (Å²) in [6.45, 7) is 2.41. The third-order valence-corrected chi connectivity index (χ3v) is 2.63. The van der Waals surface area contributed by atoms with E-state index < -0.39 is 0 Å². The Morgan fingerprint density at radius 1 is 1.44 bits per heavy atom. The van der Waals surface area contributed by atoms with Gasteiger partial charge >= 0.3 is 0 Å².